The average Bonchev–Trinajstić information content (AvgIpc) is 2.97. The fraction of sp³-hybridized carbons (Fsp3) is 0.375. The lowest BCUT2D eigenvalue weighted by atomic mass is 10.1. The van der Waals surface area contributed by atoms with Crippen LogP contribution in [-0.2, 0) is 22.4 Å². The van der Waals surface area contributed by atoms with Gasteiger partial charge < -0.3 is 19.5 Å². The molecule has 0 saturated heterocycles. The maximum atomic E-state index is 12.7. The third-order valence-electron chi connectivity index (χ3n) is 5.20. The Bertz CT molecular complexity index is 1060. The molecule has 0 saturated carbocycles. The predicted molar refractivity (Wildman–Crippen MR) is 134 cm³/mol. The second-order valence-corrected chi connectivity index (χ2v) is 8.89. The van der Waals surface area contributed by atoms with Gasteiger partial charge >= 0.3 is 5.97 Å². The van der Waals surface area contributed by atoms with Crippen LogP contribution in [-0.4, -0.2) is 37.8 Å². The molecule has 33 heavy (non-hydrogen) atoms. The fourth-order valence-electron chi connectivity index (χ4n) is 3.67. The number of fused-ring (bicyclic) bond motifs is 1. The number of methoxy groups -OCH3 is 2. The molecule has 0 fully saturated rings. The number of benzene rings is 1. The molecule has 0 atom stereocenters. The minimum atomic E-state index is -0.391. The first kappa shape index (κ1) is 24.7. The van der Waals surface area contributed by atoms with Crippen LogP contribution in [0.5, 0.6) is 11.5 Å². The Labute approximate surface area is 203 Å². The molecule has 0 bridgehead atoms. The summed E-state index contributed by atoms with van der Waals surface area (Å²) in [6, 6.07) is 5.34. The summed E-state index contributed by atoms with van der Waals surface area (Å²) < 4.78 is 15.8. The van der Waals surface area contributed by atoms with E-state index < -0.39 is 5.91 Å². The molecule has 9 heteroatoms. The highest BCUT2D eigenvalue weighted by Crippen LogP contribution is 2.38. The Morgan fingerprint density at radius 1 is 1.12 bits per heavy atom. The van der Waals surface area contributed by atoms with Crippen molar-refractivity contribution in [2.75, 3.05) is 26.1 Å². The number of amides is 1. The van der Waals surface area contributed by atoms with E-state index in [-0.39, 0.29) is 11.1 Å². The van der Waals surface area contributed by atoms with Crippen LogP contribution in [0.15, 0.2) is 24.3 Å². The normalized spacial score (nSPS) is 13.1. The first-order chi connectivity index (χ1) is 16.0. The minimum Gasteiger partial charge on any atom is -0.493 e. The minimum absolute atomic E-state index is 0.124. The molecule has 0 spiro atoms. The largest absolute Gasteiger partial charge is 0.493 e. The second kappa shape index (κ2) is 11.8. The van der Waals surface area contributed by atoms with Gasteiger partial charge in [-0.3, -0.25) is 10.1 Å². The van der Waals surface area contributed by atoms with Gasteiger partial charge in [0.05, 0.1) is 26.4 Å². The molecule has 1 aromatic carbocycles. The number of ether oxygens (including phenoxy) is 3. The van der Waals surface area contributed by atoms with Gasteiger partial charge in [0.15, 0.2) is 16.6 Å². The van der Waals surface area contributed by atoms with Crippen molar-refractivity contribution >= 4 is 51.6 Å². The molecule has 3 rings (SSSR count). The molecule has 1 aromatic heterocycles. The van der Waals surface area contributed by atoms with Crippen molar-refractivity contribution in [1.82, 2.24) is 5.32 Å². The first-order valence-corrected chi connectivity index (χ1v) is 12.0. The van der Waals surface area contributed by atoms with Crippen LogP contribution in [0, 0.1) is 0 Å². The van der Waals surface area contributed by atoms with Crippen LogP contribution in [0.2, 0.25) is 0 Å². The van der Waals surface area contributed by atoms with Gasteiger partial charge in [-0.1, -0.05) is 12.5 Å². The first-order valence-electron chi connectivity index (χ1n) is 10.8. The van der Waals surface area contributed by atoms with E-state index >= 15 is 0 Å². The quantitative estimate of drug-likeness (QED) is 0.252. The summed E-state index contributed by atoms with van der Waals surface area (Å²) in [4.78, 5) is 26.2. The number of carbonyl (C=O) groups excluding carboxylic acids is 2. The van der Waals surface area contributed by atoms with Crippen LogP contribution >= 0.6 is 23.6 Å². The summed E-state index contributed by atoms with van der Waals surface area (Å²) in [6.07, 6.45) is 8.08. The molecule has 7 nitrogen and oxygen atoms in total. The standard InChI is InChI=1S/C24H28N2O5S2/c1-4-31-23(28)21-16-8-6-5-7-9-19(16)33-22(21)26-24(32)25-20(27)13-11-15-10-12-17(29-2)18(14-15)30-3/h10-14H,4-9H2,1-3H3,(H2,25,26,27,32)/b13-11+. The highest BCUT2D eigenvalue weighted by atomic mass is 32.1. The van der Waals surface area contributed by atoms with Gasteiger partial charge in [-0.15, -0.1) is 11.3 Å². The number of anilines is 1. The van der Waals surface area contributed by atoms with E-state index in [4.69, 9.17) is 26.4 Å². The molecular weight excluding hydrogens is 460 g/mol. The molecule has 2 N–H and O–H groups in total. The van der Waals surface area contributed by atoms with Crippen molar-refractivity contribution in [3.8, 4) is 11.5 Å². The fourth-order valence-corrected chi connectivity index (χ4v) is 5.22. The topological polar surface area (TPSA) is 85.9 Å². The number of hydrogen-bond acceptors (Lipinski definition) is 7. The summed E-state index contributed by atoms with van der Waals surface area (Å²) >= 11 is 6.84. The summed E-state index contributed by atoms with van der Waals surface area (Å²) in [6.45, 7) is 2.08. The molecule has 0 unspecified atom stereocenters. The molecule has 1 aliphatic carbocycles. The zero-order valence-electron chi connectivity index (χ0n) is 19.0. The maximum absolute atomic E-state index is 12.7. The summed E-state index contributed by atoms with van der Waals surface area (Å²) in [5.74, 6) is 0.428. The average molecular weight is 489 g/mol. The van der Waals surface area contributed by atoms with Gasteiger partial charge in [0.1, 0.15) is 5.00 Å². The van der Waals surface area contributed by atoms with Gasteiger partial charge in [0, 0.05) is 11.0 Å². The molecule has 1 aliphatic rings. The number of rotatable bonds is 7. The lowest BCUT2D eigenvalue weighted by molar-refractivity contribution is -0.115. The van der Waals surface area contributed by atoms with Gasteiger partial charge in [0.25, 0.3) is 0 Å². The predicted octanol–water partition coefficient (Wildman–Crippen LogP) is 4.74. The Balaban J connectivity index is 1.69. The van der Waals surface area contributed by atoms with E-state index in [2.05, 4.69) is 10.6 Å². The van der Waals surface area contributed by atoms with Gasteiger partial charge in [-0.2, -0.15) is 0 Å². The van der Waals surface area contributed by atoms with E-state index in [0.717, 1.165) is 43.2 Å². The van der Waals surface area contributed by atoms with Crippen molar-refractivity contribution in [1.29, 1.82) is 0 Å². The third-order valence-corrected chi connectivity index (χ3v) is 6.61. The molecule has 0 radical (unpaired) electrons. The zero-order valence-corrected chi connectivity index (χ0v) is 20.6. The van der Waals surface area contributed by atoms with E-state index in [1.165, 1.54) is 22.3 Å². The Kier molecular flexibility index (Phi) is 8.85. The van der Waals surface area contributed by atoms with Gasteiger partial charge in [-0.05, 0) is 74.2 Å². The smallest absolute Gasteiger partial charge is 0.341 e. The lowest BCUT2D eigenvalue weighted by Crippen LogP contribution is -2.33. The zero-order chi connectivity index (χ0) is 23.8. The van der Waals surface area contributed by atoms with E-state index in [9.17, 15) is 9.59 Å². The van der Waals surface area contributed by atoms with Crippen LogP contribution < -0.4 is 20.1 Å². The SMILES string of the molecule is CCOC(=O)c1c(NC(=S)NC(=O)/C=C/c2ccc(OC)c(OC)c2)sc2c1CCCCC2. The summed E-state index contributed by atoms with van der Waals surface area (Å²) in [5.41, 5.74) is 2.35. The van der Waals surface area contributed by atoms with E-state index in [1.54, 1.807) is 39.4 Å². The van der Waals surface area contributed by atoms with E-state index in [0.29, 0.717) is 28.7 Å². The third kappa shape index (κ3) is 6.33. The summed E-state index contributed by atoms with van der Waals surface area (Å²) in [5, 5.41) is 6.41. The van der Waals surface area contributed by atoms with Crippen molar-refractivity contribution in [3.63, 3.8) is 0 Å². The summed E-state index contributed by atoms with van der Waals surface area (Å²) in [7, 11) is 3.12. The highest BCUT2D eigenvalue weighted by molar-refractivity contribution is 7.80. The van der Waals surface area contributed by atoms with Gasteiger partial charge in [-0.25, -0.2) is 4.79 Å². The number of thiocarbonyl (C=S) groups is 1. The second-order valence-electron chi connectivity index (χ2n) is 7.38. The van der Waals surface area contributed by atoms with Crippen molar-refractivity contribution in [3.05, 3.63) is 45.8 Å². The molecule has 176 valence electrons. The van der Waals surface area contributed by atoms with Crippen LogP contribution in [0.1, 0.15) is 52.5 Å². The van der Waals surface area contributed by atoms with E-state index in [1.807, 2.05) is 6.07 Å². The van der Waals surface area contributed by atoms with Crippen LogP contribution in [0.4, 0.5) is 5.00 Å². The Morgan fingerprint density at radius 3 is 2.61 bits per heavy atom. The monoisotopic (exact) mass is 488 g/mol. The van der Waals surface area contributed by atoms with Crippen molar-refractivity contribution in [2.45, 2.75) is 39.0 Å². The van der Waals surface area contributed by atoms with Crippen LogP contribution in [0.25, 0.3) is 6.08 Å². The number of thiophene rings is 1. The molecule has 1 heterocycles. The maximum Gasteiger partial charge on any atom is 0.341 e. The number of esters is 1. The van der Waals surface area contributed by atoms with Crippen LogP contribution in [0.3, 0.4) is 0 Å². The number of carbonyl (C=O) groups is 2. The Hall–Kier alpha value is -2.91. The highest BCUT2D eigenvalue weighted by Gasteiger charge is 2.26. The Morgan fingerprint density at radius 2 is 1.88 bits per heavy atom. The number of nitrogens with one attached hydrogen (secondary N) is 2. The van der Waals surface area contributed by atoms with Crippen molar-refractivity contribution < 1.29 is 23.8 Å². The molecule has 1 amide bonds. The number of hydrogen-bond donors (Lipinski definition) is 2. The molecule has 0 aliphatic heterocycles. The molecular formula is C24H28N2O5S2. The number of aryl methyl sites for hydroxylation is 1. The van der Waals surface area contributed by atoms with Crippen molar-refractivity contribution in [2.24, 2.45) is 0 Å². The lowest BCUT2D eigenvalue weighted by Gasteiger charge is -2.10. The van der Waals surface area contributed by atoms with Gasteiger partial charge in [0.2, 0.25) is 5.91 Å². The molecule has 2 aromatic rings.